The molecule has 1 amide bonds. The third kappa shape index (κ3) is 3.77. The van der Waals surface area contributed by atoms with Gasteiger partial charge < -0.3 is 5.73 Å². The molecule has 5 nitrogen and oxygen atoms in total. The molecule has 5 heteroatoms. The number of aryl methyl sites for hydroxylation is 1. The van der Waals surface area contributed by atoms with Gasteiger partial charge >= 0.3 is 0 Å². The van der Waals surface area contributed by atoms with Gasteiger partial charge in [0.1, 0.15) is 6.04 Å². The third-order valence-corrected chi connectivity index (χ3v) is 5.62. The van der Waals surface area contributed by atoms with Crippen molar-refractivity contribution >= 4 is 16.8 Å². The van der Waals surface area contributed by atoms with Gasteiger partial charge in [0, 0.05) is 44.3 Å². The van der Waals surface area contributed by atoms with Gasteiger partial charge in [-0.25, -0.2) is 0 Å². The lowest BCUT2D eigenvalue weighted by Gasteiger charge is -2.38. The van der Waals surface area contributed by atoms with Gasteiger partial charge in [0.05, 0.1) is 5.52 Å². The van der Waals surface area contributed by atoms with E-state index in [1.807, 2.05) is 42.6 Å². The molecule has 2 aromatic carbocycles. The van der Waals surface area contributed by atoms with Gasteiger partial charge in [0.15, 0.2) is 0 Å². The van der Waals surface area contributed by atoms with Crippen molar-refractivity contribution in [2.45, 2.75) is 19.5 Å². The molecule has 0 saturated carbocycles. The highest BCUT2D eigenvalue weighted by atomic mass is 16.1. The van der Waals surface area contributed by atoms with Crippen LogP contribution in [-0.2, 0) is 11.3 Å². The number of carbonyl (C=O) groups excluding carboxylic acids is 1. The van der Waals surface area contributed by atoms with Crippen molar-refractivity contribution in [1.29, 1.82) is 0 Å². The number of rotatable bonds is 5. The van der Waals surface area contributed by atoms with E-state index in [-0.39, 0.29) is 11.9 Å². The molecule has 1 atom stereocenters. The number of carbonyl (C=O) groups is 1. The molecule has 2 heterocycles. The largest absolute Gasteiger partial charge is 0.368 e. The average molecular weight is 374 g/mol. The third-order valence-electron chi connectivity index (χ3n) is 5.62. The molecule has 1 aromatic heterocycles. The number of hydrogen-bond acceptors (Lipinski definition) is 4. The van der Waals surface area contributed by atoms with Crippen molar-refractivity contribution in [3.63, 3.8) is 0 Å². The fourth-order valence-corrected chi connectivity index (χ4v) is 4.11. The summed E-state index contributed by atoms with van der Waals surface area (Å²) in [6, 6.07) is 18.0. The van der Waals surface area contributed by atoms with Crippen molar-refractivity contribution in [3.05, 3.63) is 77.5 Å². The Morgan fingerprint density at radius 3 is 2.50 bits per heavy atom. The second-order valence-electron chi connectivity index (χ2n) is 7.47. The second kappa shape index (κ2) is 8.09. The summed E-state index contributed by atoms with van der Waals surface area (Å²) in [5.74, 6) is -0.284. The number of benzene rings is 2. The number of amides is 1. The Labute approximate surface area is 165 Å². The molecule has 0 spiro atoms. The Bertz CT molecular complexity index is 965. The Hall–Kier alpha value is -2.76. The van der Waals surface area contributed by atoms with Crippen LogP contribution >= 0.6 is 0 Å². The fourth-order valence-electron chi connectivity index (χ4n) is 4.11. The van der Waals surface area contributed by atoms with E-state index >= 15 is 0 Å². The first-order valence-electron chi connectivity index (χ1n) is 9.77. The monoisotopic (exact) mass is 374 g/mol. The highest BCUT2D eigenvalue weighted by Gasteiger charge is 2.29. The van der Waals surface area contributed by atoms with E-state index in [0.29, 0.717) is 0 Å². The Morgan fingerprint density at radius 1 is 1.04 bits per heavy atom. The van der Waals surface area contributed by atoms with E-state index in [1.165, 1.54) is 16.5 Å². The minimum Gasteiger partial charge on any atom is -0.368 e. The first-order chi connectivity index (χ1) is 13.6. The summed E-state index contributed by atoms with van der Waals surface area (Å²) in [4.78, 5) is 21.3. The molecule has 2 N–H and O–H groups in total. The Balaban J connectivity index is 1.46. The van der Waals surface area contributed by atoms with E-state index in [4.69, 9.17) is 5.73 Å². The van der Waals surface area contributed by atoms with Crippen LogP contribution in [0.4, 0.5) is 0 Å². The van der Waals surface area contributed by atoms with E-state index in [0.717, 1.165) is 43.8 Å². The number of piperazine rings is 1. The summed E-state index contributed by atoms with van der Waals surface area (Å²) in [6.07, 6.45) is 1.86. The Kier molecular flexibility index (Phi) is 5.37. The zero-order valence-electron chi connectivity index (χ0n) is 16.2. The van der Waals surface area contributed by atoms with Crippen molar-refractivity contribution in [1.82, 2.24) is 14.8 Å². The topological polar surface area (TPSA) is 62.5 Å². The molecule has 0 radical (unpaired) electrons. The van der Waals surface area contributed by atoms with E-state index in [9.17, 15) is 4.79 Å². The number of pyridine rings is 1. The predicted octanol–water partition coefficient (Wildman–Crippen LogP) is 2.89. The minimum atomic E-state index is -0.356. The van der Waals surface area contributed by atoms with Crippen LogP contribution in [0.3, 0.4) is 0 Å². The Morgan fingerprint density at radius 2 is 1.79 bits per heavy atom. The van der Waals surface area contributed by atoms with Crippen LogP contribution in [-0.4, -0.2) is 46.9 Å². The van der Waals surface area contributed by atoms with Crippen LogP contribution in [0.2, 0.25) is 0 Å². The van der Waals surface area contributed by atoms with Gasteiger partial charge in [0.25, 0.3) is 0 Å². The van der Waals surface area contributed by atoms with Gasteiger partial charge in [-0.2, -0.15) is 0 Å². The molecule has 144 valence electrons. The molecule has 0 bridgehead atoms. The first kappa shape index (κ1) is 18.6. The molecule has 3 aromatic rings. The maximum absolute atomic E-state index is 12.1. The highest BCUT2D eigenvalue weighted by molar-refractivity contribution is 5.84. The molecule has 1 aliphatic rings. The molecular formula is C23H26N4O. The molecule has 1 unspecified atom stereocenters. The number of fused-ring (bicyclic) bond motifs is 1. The maximum Gasteiger partial charge on any atom is 0.239 e. The van der Waals surface area contributed by atoms with Crippen molar-refractivity contribution < 1.29 is 4.79 Å². The maximum atomic E-state index is 12.1. The summed E-state index contributed by atoms with van der Waals surface area (Å²) in [6.45, 7) is 6.44. The van der Waals surface area contributed by atoms with E-state index in [1.54, 1.807) is 0 Å². The van der Waals surface area contributed by atoms with Gasteiger partial charge in [0.2, 0.25) is 5.91 Å². The van der Waals surface area contributed by atoms with Crippen LogP contribution in [0.5, 0.6) is 0 Å². The standard InChI is InChI=1S/C23H26N4O/c1-17-9-10-19(21-20(17)8-5-11-25-21)16-26-12-14-27(15-13-26)22(23(24)28)18-6-3-2-4-7-18/h2-11,22H,12-16H2,1H3,(H2,24,28). The van der Waals surface area contributed by atoms with Crippen LogP contribution in [0.15, 0.2) is 60.8 Å². The normalized spacial score (nSPS) is 16.9. The molecule has 1 aliphatic heterocycles. The van der Waals surface area contributed by atoms with Crippen LogP contribution in [0.1, 0.15) is 22.7 Å². The summed E-state index contributed by atoms with van der Waals surface area (Å²) in [7, 11) is 0. The molecule has 28 heavy (non-hydrogen) atoms. The lowest BCUT2D eigenvalue weighted by atomic mass is 10.0. The van der Waals surface area contributed by atoms with Gasteiger partial charge in [-0.3, -0.25) is 19.6 Å². The number of aromatic nitrogens is 1. The lowest BCUT2D eigenvalue weighted by molar-refractivity contribution is -0.124. The average Bonchev–Trinajstić information content (AvgIpc) is 2.72. The van der Waals surface area contributed by atoms with E-state index < -0.39 is 0 Å². The van der Waals surface area contributed by atoms with E-state index in [2.05, 4.69) is 39.9 Å². The predicted molar refractivity (Wildman–Crippen MR) is 112 cm³/mol. The second-order valence-corrected chi connectivity index (χ2v) is 7.47. The minimum absolute atomic E-state index is 0.284. The molecular weight excluding hydrogens is 348 g/mol. The number of hydrogen-bond donors (Lipinski definition) is 1. The molecule has 1 fully saturated rings. The van der Waals surface area contributed by atoms with Crippen molar-refractivity contribution in [2.75, 3.05) is 26.2 Å². The zero-order valence-corrected chi connectivity index (χ0v) is 16.2. The number of nitrogens with zero attached hydrogens (tertiary/aromatic N) is 3. The summed E-state index contributed by atoms with van der Waals surface area (Å²) >= 11 is 0. The summed E-state index contributed by atoms with van der Waals surface area (Å²) in [5.41, 5.74) is 10.3. The lowest BCUT2D eigenvalue weighted by Crippen LogP contribution is -2.50. The quantitative estimate of drug-likeness (QED) is 0.746. The van der Waals surface area contributed by atoms with Crippen molar-refractivity contribution in [3.8, 4) is 0 Å². The van der Waals surface area contributed by atoms with Gasteiger partial charge in [-0.15, -0.1) is 0 Å². The molecule has 4 rings (SSSR count). The van der Waals surface area contributed by atoms with Crippen LogP contribution in [0.25, 0.3) is 10.9 Å². The molecule has 0 aliphatic carbocycles. The number of primary amides is 1. The van der Waals surface area contributed by atoms with Crippen LogP contribution in [0, 0.1) is 6.92 Å². The summed E-state index contributed by atoms with van der Waals surface area (Å²) in [5, 5.41) is 1.22. The molecule has 1 saturated heterocycles. The number of nitrogens with two attached hydrogens (primary N) is 1. The first-order valence-corrected chi connectivity index (χ1v) is 9.77. The fraction of sp³-hybridized carbons (Fsp3) is 0.304. The van der Waals surface area contributed by atoms with Crippen molar-refractivity contribution in [2.24, 2.45) is 5.73 Å². The van der Waals surface area contributed by atoms with Crippen LogP contribution < -0.4 is 5.73 Å². The zero-order chi connectivity index (χ0) is 19.5. The van der Waals surface area contributed by atoms with Gasteiger partial charge in [-0.05, 0) is 29.7 Å². The summed E-state index contributed by atoms with van der Waals surface area (Å²) < 4.78 is 0. The SMILES string of the molecule is Cc1ccc(CN2CCN(C(C(N)=O)c3ccccc3)CC2)c2ncccc12. The van der Waals surface area contributed by atoms with Gasteiger partial charge in [-0.1, -0.05) is 48.5 Å². The highest BCUT2D eigenvalue weighted by Crippen LogP contribution is 2.24. The smallest absolute Gasteiger partial charge is 0.239 e.